The number of aromatic nitrogens is 1. The molecule has 0 saturated heterocycles. The summed E-state index contributed by atoms with van der Waals surface area (Å²) < 4.78 is 5.21. The molecule has 0 aliphatic carbocycles. The second-order valence-corrected chi connectivity index (χ2v) is 6.93. The van der Waals surface area contributed by atoms with E-state index >= 15 is 0 Å². The van der Waals surface area contributed by atoms with Gasteiger partial charge in [0.05, 0.1) is 5.69 Å². The molecule has 0 bridgehead atoms. The summed E-state index contributed by atoms with van der Waals surface area (Å²) in [4.78, 5) is 8.38. The molecular formula is C18H28N4OS. The molecule has 0 aliphatic rings. The molecule has 24 heavy (non-hydrogen) atoms. The van der Waals surface area contributed by atoms with Crippen molar-refractivity contribution in [3.05, 3.63) is 39.4 Å². The SMILES string of the molecule is CCNC(=NCCCc1c(C)noc1C)N(C)CCc1cccs1. The van der Waals surface area contributed by atoms with Crippen molar-refractivity contribution in [3.8, 4) is 0 Å². The van der Waals surface area contributed by atoms with Crippen LogP contribution in [-0.2, 0) is 12.8 Å². The van der Waals surface area contributed by atoms with Gasteiger partial charge in [0.15, 0.2) is 5.96 Å². The molecule has 0 atom stereocenters. The van der Waals surface area contributed by atoms with Gasteiger partial charge in [-0.15, -0.1) is 11.3 Å². The average Bonchev–Trinajstić information content (AvgIpc) is 3.19. The Morgan fingerprint density at radius 1 is 1.38 bits per heavy atom. The number of aliphatic imine (C=N–C) groups is 1. The Morgan fingerprint density at radius 2 is 2.21 bits per heavy atom. The molecule has 0 amide bonds. The van der Waals surface area contributed by atoms with E-state index in [1.54, 1.807) is 0 Å². The fourth-order valence-corrected chi connectivity index (χ4v) is 3.31. The average molecular weight is 349 g/mol. The van der Waals surface area contributed by atoms with Gasteiger partial charge in [-0.2, -0.15) is 0 Å². The summed E-state index contributed by atoms with van der Waals surface area (Å²) >= 11 is 1.81. The number of aryl methyl sites for hydroxylation is 2. The highest BCUT2D eigenvalue weighted by molar-refractivity contribution is 7.09. The van der Waals surface area contributed by atoms with Gasteiger partial charge in [-0.1, -0.05) is 11.2 Å². The predicted octanol–water partition coefficient (Wildman–Crippen LogP) is 3.43. The van der Waals surface area contributed by atoms with Gasteiger partial charge in [0.1, 0.15) is 5.76 Å². The summed E-state index contributed by atoms with van der Waals surface area (Å²) in [5.74, 6) is 1.91. The highest BCUT2D eigenvalue weighted by Gasteiger charge is 2.09. The fraction of sp³-hybridized carbons (Fsp3) is 0.556. The number of hydrogen-bond acceptors (Lipinski definition) is 4. The topological polar surface area (TPSA) is 53.7 Å². The van der Waals surface area contributed by atoms with Crippen LogP contribution in [0, 0.1) is 13.8 Å². The zero-order valence-corrected chi connectivity index (χ0v) is 15.9. The Labute approximate surface area is 148 Å². The molecule has 132 valence electrons. The minimum Gasteiger partial charge on any atom is -0.361 e. The molecule has 0 radical (unpaired) electrons. The standard InChI is InChI=1S/C18H28N4OS/c1-5-19-18(22(4)12-10-16-8-7-13-24-16)20-11-6-9-17-14(2)21-23-15(17)3/h7-8,13H,5-6,9-12H2,1-4H3,(H,19,20). The van der Waals surface area contributed by atoms with Crippen LogP contribution in [0.4, 0.5) is 0 Å². The number of guanidine groups is 1. The van der Waals surface area contributed by atoms with E-state index < -0.39 is 0 Å². The number of nitrogens with zero attached hydrogens (tertiary/aromatic N) is 3. The summed E-state index contributed by atoms with van der Waals surface area (Å²) in [7, 11) is 2.10. The molecular weight excluding hydrogens is 320 g/mol. The summed E-state index contributed by atoms with van der Waals surface area (Å²) in [5, 5.41) is 9.51. The molecule has 2 heterocycles. The third-order valence-corrected chi connectivity index (χ3v) is 4.93. The van der Waals surface area contributed by atoms with Crippen LogP contribution in [0.2, 0.25) is 0 Å². The quantitative estimate of drug-likeness (QED) is 0.451. The molecule has 0 aliphatic heterocycles. The van der Waals surface area contributed by atoms with Crippen molar-refractivity contribution in [2.24, 2.45) is 4.99 Å². The molecule has 1 N–H and O–H groups in total. The Balaban J connectivity index is 1.83. The van der Waals surface area contributed by atoms with Gasteiger partial charge in [-0.05, 0) is 51.5 Å². The number of rotatable bonds is 8. The zero-order valence-electron chi connectivity index (χ0n) is 15.1. The monoisotopic (exact) mass is 348 g/mol. The van der Waals surface area contributed by atoms with Gasteiger partial charge in [-0.25, -0.2) is 0 Å². The third kappa shape index (κ3) is 5.37. The molecule has 2 aromatic rings. The van der Waals surface area contributed by atoms with Crippen molar-refractivity contribution in [1.29, 1.82) is 0 Å². The van der Waals surface area contributed by atoms with Crippen LogP contribution in [0.1, 0.15) is 35.2 Å². The maximum absolute atomic E-state index is 5.21. The van der Waals surface area contributed by atoms with Crippen molar-refractivity contribution in [1.82, 2.24) is 15.4 Å². The highest BCUT2D eigenvalue weighted by Crippen LogP contribution is 2.14. The Morgan fingerprint density at radius 3 is 2.83 bits per heavy atom. The molecule has 0 unspecified atom stereocenters. The molecule has 0 spiro atoms. The van der Waals surface area contributed by atoms with E-state index in [1.165, 1.54) is 10.4 Å². The maximum Gasteiger partial charge on any atom is 0.193 e. The molecule has 2 rings (SSSR count). The minimum absolute atomic E-state index is 0.801. The molecule has 0 fully saturated rings. The lowest BCUT2D eigenvalue weighted by atomic mass is 10.1. The minimum atomic E-state index is 0.801. The highest BCUT2D eigenvalue weighted by atomic mass is 32.1. The van der Waals surface area contributed by atoms with Gasteiger partial charge in [0.2, 0.25) is 0 Å². The largest absolute Gasteiger partial charge is 0.361 e. The van der Waals surface area contributed by atoms with Crippen molar-refractivity contribution in [2.45, 2.75) is 40.0 Å². The summed E-state index contributed by atoms with van der Waals surface area (Å²) in [6, 6.07) is 4.29. The lowest BCUT2D eigenvalue weighted by Crippen LogP contribution is -2.40. The van der Waals surface area contributed by atoms with E-state index in [1.807, 2.05) is 25.2 Å². The lowest BCUT2D eigenvalue weighted by Gasteiger charge is -2.21. The fourth-order valence-electron chi connectivity index (χ4n) is 2.61. The second kappa shape index (κ2) is 9.47. The van der Waals surface area contributed by atoms with Crippen LogP contribution in [0.3, 0.4) is 0 Å². The predicted molar refractivity (Wildman–Crippen MR) is 101 cm³/mol. The van der Waals surface area contributed by atoms with Gasteiger partial charge in [0, 0.05) is 37.1 Å². The van der Waals surface area contributed by atoms with Crippen molar-refractivity contribution >= 4 is 17.3 Å². The summed E-state index contributed by atoms with van der Waals surface area (Å²) in [6.45, 7) is 8.73. The second-order valence-electron chi connectivity index (χ2n) is 5.89. The Hall–Kier alpha value is -1.82. The van der Waals surface area contributed by atoms with E-state index in [-0.39, 0.29) is 0 Å². The van der Waals surface area contributed by atoms with Gasteiger partial charge in [-0.3, -0.25) is 4.99 Å². The van der Waals surface area contributed by atoms with Gasteiger partial charge >= 0.3 is 0 Å². The molecule has 0 saturated carbocycles. The number of likely N-dealkylation sites (N-methyl/N-ethyl adjacent to an activating group) is 1. The Bertz CT molecular complexity index is 614. The first-order valence-electron chi connectivity index (χ1n) is 8.55. The first-order chi connectivity index (χ1) is 11.6. The van der Waals surface area contributed by atoms with E-state index in [4.69, 9.17) is 9.52 Å². The molecule has 5 nitrogen and oxygen atoms in total. The molecule has 6 heteroatoms. The maximum atomic E-state index is 5.21. The Kier molecular flexibility index (Phi) is 7.31. The van der Waals surface area contributed by atoms with Crippen LogP contribution in [0.15, 0.2) is 27.0 Å². The van der Waals surface area contributed by atoms with Crippen molar-refractivity contribution in [2.75, 3.05) is 26.7 Å². The summed E-state index contributed by atoms with van der Waals surface area (Å²) in [6.07, 6.45) is 3.01. The van der Waals surface area contributed by atoms with Crippen molar-refractivity contribution < 1.29 is 4.52 Å². The summed E-state index contributed by atoms with van der Waals surface area (Å²) in [5.41, 5.74) is 2.22. The van der Waals surface area contributed by atoms with Crippen LogP contribution >= 0.6 is 11.3 Å². The first-order valence-corrected chi connectivity index (χ1v) is 9.43. The number of thiophene rings is 1. The zero-order chi connectivity index (χ0) is 17.4. The van der Waals surface area contributed by atoms with Crippen molar-refractivity contribution in [3.63, 3.8) is 0 Å². The first kappa shape index (κ1) is 18.5. The molecule has 0 aromatic carbocycles. The molecule has 2 aromatic heterocycles. The van der Waals surface area contributed by atoms with Gasteiger partial charge < -0.3 is 14.7 Å². The normalized spacial score (nSPS) is 11.8. The number of nitrogens with one attached hydrogen (secondary N) is 1. The van der Waals surface area contributed by atoms with E-state index in [9.17, 15) is 0 Å². The van der Waals surface area contributed by atoms with E-state index in [2.05, 4.69) is 46.9 Å². The number of hydrogen-bond donors (Lipinski definition) is 1. The smallest absolute Gasteiger partial charge is 0.193 e. The van der Waals surface area contributed by atoms with Gasteiger partial charge in [0.25, 0.3) is 0 Å². The van der Waals surface area contributed by atoms with E-state index in [0.29, 0.717) is 0 Å². The van der Waals surface area contributed by atoms with Crippen LogP contribution in [0.5, 0.6) is 0 Å². The van der Waals surface area contributed by atoms with Crippen LogP contribution in [-0.4, -0.2) is 42.7 Å². The van der Waals surface area contributed by atoms with E-state index in [0.717, 1.165) is 56.3 Å². The van der Waals surface area contributed by atoms with Crippen LogP contribution < -0.4 is 5.32 Å². The lowest BCUT2D eigenvalue weighted by molar-refractivity contribution is 0.392. The third-order valence-electron chi connectivity index (χ3n) is 4.00. The van der Waals surface area contributed by atoms with Crippen LogP contribution in [0.25, 0.3) is 0 Å².